The highest BCUT2D eigenvalue weighted by Crippen LogP contribution is 2.43. The molecule has 0 atom stereocenters. The molecule has 24 heavy (non-hydrogen) atoms. The van der Waals surface area contributed by atoms with Crippen LogP contribution >= 0.6 is 0 Å². The van der Waals surface area contributed by atoms with Gasteiger partial charge < -0.3 is 4.74 Å². The highest BCUT2D eigenvalue weighted by molar-refractivity contribution is 5.66. The van der Waals surface area contributed by atoms with Crippen molar-refractivity contribution < 1.29 is 19.5 Å². The molecule has 2 aromatic rings. The molecule has 0 amide bonds. The fourth-order valence-corrected chi connectivity index (χ4v) is 1.96. The van der Waals surface area contributed by atoms with E-state index in [2.05, 4.69) is 4.98 Å². The SMILES string of the molecule is Cc1ccc(Oc2c([N+](=O)[O-])cc([N+](=O)[O-])cc2[N+](=O)[O-])c(C)n1. The first-order valence-corrected chi connectivity index (χ1v) is 6.44. The second kappa shape index (κ2) is 6.24. The summed E-state index contributed by atoms with van der Waals surface area (Å²) < 4.78 is 5.32. The Morgan fingerprint density at radius 1 is 0.917 bits per heavy atom. The van der Waals surface area contributed by atoms with Crippen LogP contribution in [0.1, 0.15) is 11.4 Å². The summed E-state index contributed by atoms with van der Waals surface area (Å²) in [7, 11) is 0. The van der Waals surface area contributed by atoms with Gasteiger partial charge in [0.05, 0.1) is 32.6 Å². The number of nitro groups is 3. The molecule has 11 nitrogen and oxygen atoms in total. The number of benzene rings is 1. The van der Waals surface area contributed by atoms with Crippen molar-refractivity contribution in [2.24, 2.45) is 0 Å². The second-order valence-electron chi connectivity index (χ2n) is 4.72. The van der Waals surface area contributed by atoms with Crippen molar-refractivity contribution >= 4 is 17.1 Å². The molecule has 0 saturated carbocycles. The van der Waals surface area contributed by atoms with Crippen LogP contribution in [0.15, 0.2) is 24.3 Å². The van der Waals surface area contributed by atoms with E-state index >= 15 is 0 Å². The zero-order chi connectivity index (χ0) is 18.0. The fraction of sp³-hybridized carbons (Fsp3) is 0.154. The number of nitrogens with zero attached hydrogens (tertiary/aromatic N) is 4. The average Bonchev–Trinajstić information content (AvgIpc) is 2.49. The van der Waals surface area contributed by atoms with E-state index in [4.69, 9.17) is 4.74 Å². The minimum absolute atomic E-state index is 0.0700. The number of hydrogen-bond acceptors (Lipinski definition) is 8. The predicted molar refractivity (Wildman–Crippen MR) is 80.2 cm³/mol. The van der Waals surface area contributed by atoms with Gasteiger partial charge in [0, 0.05) is 5.69 Å². The van der Waals surface area contributed by atoms with Gasteiger partial charge in [0.15, 0.2) is 0 Å². The summed E-state index contributed by atoms with van der Waals surface area (Å²) in [6.07, 6.45) is 0. The van der Waals surface area contributed by atoms with Gasteiger partial charge in [-0.05, 0) is 26.0 Å². The minimum atomic E-state index is -0.980. The third kappa shape index (κ3) is 3.24. The van der Waals surface area contributed by atoms with Crippen LogP contribution in [-0.2, 0) is 0 Å². The number of hydrogen-bond donors (Lipinski definition) is 0. The molecule has 0 N–H and O–H groups in total. The lowest BCUT2D eigenvalue weighted by Gasteiger charge is -2.09. The molecule has 1 heterocycles. The zero-order valence-corrected chi connectivity index (χ0v) is 12.5. The van der Waals surface area contributed by atoms with Crippen LogP contribution in [0.3, 0.4) is 0 Å². The number of pyridine rings is 1. The van der Waals surface area contributed by atoms with Crippen molar-refractivity contribution in [2.45, 2.75) is 13.8 Å². The van der Waals surface area contributed by atoms with Crippen molar-refractivity contribution in [1.82, 2.24) is 4.98 Å². The van der Waals surface area contributed by atoms with E-state index in [-0.39, 0.29) is 5.75 Å². The molecule has 0 bridgehead atoms. The highest BCUT2D eigenvalue weighted by Gasteiger charge is 2.33. The van der Waals surface area contributed by atoms with Gasteiger partial charge in [0.2, 0.25) is 0 Å². The topological polar surface area (TPSA) is 152 Å². The van der Waals surface area contributed by atoms with Gasteiger partial charge in [-0.2, -0.15) is 0 Å². The summed E-state index contributed by atoms with van der Waals surface area (Å²) in [5.74, 6) is -0.620. The van der Waals surface area contributed by atoms with E-state index in [0.717, 1.165) is 0 Å². The Hall–Kier alpha value is -3.63. The quantitative estimate of drug-likeness (QED) is 0.596. The van der Waals surface area contributed by atoms with Crippen molar-refractivity contribution in [3.63, 3.8) is 0 Å². The normalized spacial score (nSPS) is 10.2. The number of aryl methyl sites for hydroxylation is 2. The van der Waals surface area contributed by atoms with Gasteiger partial charge in [-0.15, -0.1) is 0 Å². The molecule has 1 aromatic heterocycles. The summed E-state index contributed by atoms with van der Waals surface area (Å²) in [5, 5.41) is 33.2. The minimum Gasteiger partial charge on any atom is -0.442 e. The van der Waals surface area contributed by atoms with E-state index in [1.54, 1.807) is 19.9 Å². The van der Waals surface area contributed by atoms with Crippen LogP contribution in [0.2, 0.25) is 0 Å². The number of nitro benzene ring substituents is 3. The Kier molecular flexibility index (Phi) is 4.35. The molecule has 1 aromatic carbocycles. The Morgan fingerprint density at radius 2 is 1.46 bits per heavy atom. The Morgan fingerprint density at radius 3 is 1.88 bits per heavy atom. The van der Waals surface area contributed by atoms with Gasteiger partial charge in [0.1, 0.15) is 5.75 Å². The molecule has 0 radical (unpaired) electrons. The van der Waals surface area contributed by atoms with Crippen LogP contribution in [0.5, 0.6) is 11.5 Å². The standard InChI is InChI=1S/C13H10N4O7/c1-7-3-4-12(8(2)14-7)24-13-10(16(20)21)5-9(15(18)19)6-11(13)17(22)23/h3-6H,1-2H3. The highest BCUT2D eigenvalue weighted by atomic mass is 16.6. The molecule has 0 spiro atoms. The van der Waals surface area contributed by atoms with Gasteiger partial charge in [-0.25, -0.2) is 0 Å². The van der Waals surface area contributed by atoms with E-state index < -0.39 is 37.6 Å². The van der Waals surface area contributed by atoms with Crippen LogP contribution in [-0.4, -0.2) is 19.8 Å². The van der Waals surface area contributed by atoms with Crippen molar-refractivity contribution in [3.8, 4) is 11.5 Å². The van der Waals surface area contributed by atoms with Crippen LogP contribution < -0.4 is 4.74 Å². The van der Waals surface area contributed by atoms with Crippen LogP contribution in [0.25, 0.3) is 0 Å². The molecule has 0 aliphatic carbocycles. The Balaban J connectivity index is 2.68. The molecule has 0 fully saturated rings. The first kappa shape index (κ1) is 16.7. The van der Waals surface area contributed by atoms with E-state index in [1.807, 2.05) is 0 Å². The summed E-state index contributed by atoms with van der Waals surface area (Å²) in [6, 6.07) is 4.23. The third-order valence-electron chi connectivity index (χ3n) is 3.03. The molecule has 11 heteroatoms. The first-order valence-electron chi connectivity index (χ1n) is 6.44. The molecule has 0 aliphatic heterocycles. The predicted octanol–water partition coefficient (Wildman–Crippen LogP) is 3.22. The fourth-order valence-electron chi connectivity index (χ4n) is 1.96. The van der Waals surface area contributed by atoms with Crippen molar-refractivity contribution in [1.29, 1.82) is 0 Å². The summed E-state index contributed by atoms with van der Waals surface area (Å²) in [4.78, 5) is 34.3. The van der Waals surface area contributed by atoms with Crippen LogP contribution in [0, 0.1) is 44.2 Å². The summed E-state index contributed by atoms with van der Waals surface area (Å²) in [5.41, 5.74) is -1.52. The smallest absolute Gasteiger partial charge is 0.325 e. The monoisotopic (exact) mass is 334 g/mol. The lowest BCUT2D eigenvalue weighted by Crippen LogP contribution is -2.02. The van der Waals surface area contributed by atoms with Crippen molar-refractivity contribution in [3.05, 3.63) is 66.0 Å². The maximum atomic E-state index is 11.2. The van der Waals surface area contributed by atoms with Gasteiger partial charge >= 0.3 is 11.4 Å². The molecule has 124 valence electrons. The van der Waals surface area contributed by atoms with Gasteiger partial charge in [0.25, 0.3) is 11.4 Å². The van der Waals surface area contributed by atoms with Gasteiger partial charge in [-0.1, -0.05) is 0 Å². The van der Waals surface area contributed by atoms with E-state index in [9.17, 15) is 30.3 Å². The largest absolute Gasteiger partial charge is 0.442 e. The maximum absolute atomic E-state index is 11.2. The lowest BCUT2D eigenvalue weighted by atomic mass is 10.2. The van der Waals surface area contributed by atoms with Gasteiger partial charge in [-0.3, -0.25) is 35.3 Å². The molecule has 2 rings (SSSR count). The summed E-state index contributed by atoms with van der Waals surface area (Å²) in [6.45, 7) is 3.28. The number of non-ortho nitro benzene ring substituents is 1. The number of ether oxygens (including phenoxy) is 1. The lowest BCUT2D eigenvalue weighted by molar-refractivity contribution is -0.404. The zero-order valence-electron chi connectivity index (χ0n) is 12.5. The van der Waals surface area contributed by atoms with Crippen LogP contribution in [0.4, 0.5) is 17.1 Å². The molecular formula is C13H10N4O7. The second-order valence-corrected chi connectivity index (χ2v) is 4.72. The number of aromatic nitrogens is 1. The third-order valence-corrected chi connectivity index (χ3v) is 3.03. The number of rotatable bonds is 5. The molecule has 0 saturated heterocycles. The molecular weight excluding hydrogens is 324 g/mol. The molecule has 0 unspecified atom stereocenters. The Bertz CT molecular complexity index is 830. The average molecular weight is 334 g/mol. The van der Waals surface area contributed by atoms with E-state index in [1.165, 1.54) is 6.07 Å². The first-order chi connectivity index (χ1) is 11.2. The Labute approximate surface area is 134 Å². The van der Waals surface area contributed by atoms with Crippen molar-refractivity contribution in [2.75, 3.05) is 0 Å². The van der Waals surface area contributed by atoms with E-state index in [0.29, 0.717) is 23.5 Å². The summed E-state index contributed by atoms with van der Waals surface area (Å²) >= 11 is 0. The molecule has 0 aliphatic rings. The maximum Gasteiger partial charge on any atom is 0.325 e.